The molecule has 0 aliphatic heterocycles. The quantitative estimate of drug-likeness (QED) is 0.276. The Kier molecular flexibility index (Phi) is 12.4. The predicted octanol–water partition coefficient (Wildman–Crippen LogP) is 4.71. The van der Waals surface area contributed by atoms with E-state index >= 15 is 0 Å². The molecule has 0 saturated carbocycles. The van der Waals surface area contributed by atoms with Gasteiger partial charge in [0.1, 0.15) is 5.75 Å². The van der Waals surface area contributed by atoms with Crippen molar-refractivity contribution in [2.45, 2.75) is 39.3 Å². The Morgan fingerprint density at radius 2 is 1.66 bits per heavy atom. The highest BCUT2D eigenvalue weighted by atomic mass is 127. The lowest BCUT2D eigenvalue weighted by Gasteiger charge is -2.15. The number of nitrogens with zero attached hydrogens (tertiary/aromatic N) is 1. The molecule has 2 aromatic carbocycles. The van der Waals surface area contributed by atoms with Crippen LogP contribution in [0.4, 0.5) is 0 Å². The smallest absolute Gasteiger partial charge is 0.191 e. The molecule has 1 atom stereocenters. The van der Waals surface area contributed by atoms with Gasteiger partial charge in [-0.1, -0.05) is 43.3 Å². The van der Waals surface area contributed by atoms with Crippen LogP contribution in [0.25, 0.3) is 0 Å². The molecule has 0 spiro atoms. The Morgan fingerprint density at radius 3 is 2.24 bits per heavy atom. The highest BCUT2D eigenvalue weighted by Crippen LogP contribution is 2.21. The minimum atomic E-state index is 0. The van der Waals surface area contributed by atoms with E-state index in [0.29, 0.717) is 12.5 Å². The summed E-state index contributed by atoms with van der Waals surface area (Å²) in [6, 6.07) is 16.8. The van der Waals surface area contributed by atoms with Crippen molar-refractivity contribution in [3.63, 3.8) is 0 Å². The Labute approximate surface area is 192 Å². The van der Waals surface area contributed by atoms with Crippen molar-refractivity contribution in [1.82, 2.24) is 10.6 Å². The molecule has 0 bridgehead atoms. The Bertz CT molecular complexity index is 718. The van der Waals surface area contributed by atoms with E-state index < -0.39 is 0 Å². The summed E-state index contributed by atoms with van der Waals surface area (Å²) in [6.07, 6.45) is 1.03. The molecule has 160 valence electrons. The Morgan fingerprint density at radius 1 is 1.00 bits per heavy atom. The molecule has 29 heavy (non-hydrogen) atoms. The lowest BCUT2D eigenvalue weighted by atomic mass is 9.98. The summed E-state index contributed by atoms with van der Waals surface area (Å²) in [5.74, 6) is 2.18. The van der Waals surface area contributed by atoms with Gasteiger partial charge in [0.05, 0.1) is 13.7 Å². The number of guanidine groups is 1. The first kappa shape index (κ1) is 25.2. The SMILES string of the molecule is CCOCc1ccc(CNC(=NC)NCCC(C)c2ccc(OC)cc2)cc1.I. The van der Waals surface area contributed by atoms with E-state index in [0.717, 1.165) is 37.8 Å². The van der Waals surface area contributed by atoms with Gasteiger partial charge in [-0.15, -0.1) is 24.0 Å². The fraction of sp³-hybridized carbons (Fsp3) is 0.435. The third kappa shape index (κ3) is 9.04. The summed E-state index contributed by atoms with van der Waals surface area (Å²) in [5.41, 5.74) is 3.73. The Balaban J connectivity index is 0.00000420. The van der Waals surface area contributed by atoms with Crippen molar-refractivity contribution in [1.29, 1.82) is 0 Å². The maximum Gasteiger partial charge on any atom is 0.191 e. The minimum Gasteiger partial charge on any atom is -0.497 e. The van der Waals surface area contributed by atoms with Crippen molar-refractivity contribution < 1.29 is 9.47 Å². The van der Waals surface area contributed by atoms with Gasteiger partial charge in [-0.3, -0.25) is 4.99 Å². The minimum absolute atomic E-state index is 0. The van der Waals surface area contributed by atoms with Gasteiger partial charge in [0, 0.05) is 26.7 Å². The van der Waals surface area contributed by atoms with Gasteiger partial charge in [-0.2, -0.15) is 0 Å². The van der Waals surface area contributed by atoms with Crippen LogP contribution in [0.3, 0.4) is 0 Å². The van der Waals surface area contributed by atoms with E-state index in [4.69, 9.17) is 9.47 Å². The molecule has 2 aromatic rings. The number of rotatable bonds is 10. The molecule has 5 nitrogen and oxygen atoms in total. The monoisotopic (exact) mass is 511 g/mol. The summed E-state index contributed by atoms with van der Waals surface area (Å²) in [5, 5.41) is 6.76. The molecule has 0 heterocycles. The van der Waals surface area contributed by atoms with Crippen molar-refractivity contribution in [3.05, 3.63) is 65.2 Å². The van der Waals surface area contributed by atoms with Crippen LogP contribution in [0, 0.1) is 0 Å². The van der Waals surface area contributed by atoms with E-state index in [2.05, 4.69) is 58.9 Å². The fourth-order valence-electron chi connectivity index (χ4n) is 2.89. The molecule has 0 aromatic heterocycles. The van der Waals surface area contributed by atoms with E-state index in [1.807, 2.05) is 19.1 Å². The van der Waals surface area contributed by atoms with Gasteiger partial charge in [-0.05, 0) is 48.1 Å². The topological polar surface area (TPSA) is 54.9 Å². The van der Waals surface area contributed by atoms with Crippen LogP contribution in [0.2, 0.25) is 0 Å². The molecule has 0 amide bonds. The number of ether oxygens (including phenoxy) is 2. The molecule has 0 saturated heterocycles. The molecule has 0 aliphatic carbocycles. The molecular formula is C23H34IN3O2. The molecule has 0 aliphatic rings. The molecule has 0 radical (unpaired) electrons. The van der Waals surface area contributed by atoms with Gasteiger partial charge in [0.2, 0.25) is 0 Å². The molecule has 2 rings (SSSR count). The van der Waals surface area contributed by atoms with Gasteiger partial charge in [-0.25, -0.2) is 0 Å². The van der Waals surface area contributed by atoms with Crippen LogP contribution in [0.5, 0.6) is 5.75 Å². The van der Waals surface area contributed by atoms with Crippen molar-refractivity contribution in [2.24, 2.45) is 4.99 Å². The highest BCUT2D eigenvalue weighted by Gasteiger charge is 2.06. The van der Waals surface area contributed by atoms with Crippen LogP contribution >= 0.6 is 24.0 Å². The van der Waals surface area contributed by atoms with Crippen LogP contribution in [0.15, 0.2) is 53.5 Å². The van der Waals surface area contributed by atoms with Crippen molar-refractivity contribution in [2.75, 3.05) is 27.3 Å². The van der Waals surface area contributed by atoms with Crippen molar-refractivity contribution >= 4 is 29.9 Å². The summed E-state index contributed by atoms with van der Waals surface area (Å²) in [6.45, 7) is 7.25. The summed E-state index contributed by atoms with van der Waals surface area (Å²) in [4.78, 5) is 4.31. The van der Waals surface area contributed by atoms with Gasteiger partial charge in [0.15, 0.2) is 5.96 Å². The van der Waals surface area contributed by atoms with Crippen LogP contribution in [0.1, 0.15) is 42.9 Å². The highest BCUT2D eigenvalue weighted by molar-refractivity contribution is 14.0. The zero-order valence-electron chi connectivity index (χ0n) is 17.9. The predicted molar refractivity (Wildman–Crippen MR) is 131 cm³/mol. The first-order chi connectivity index (χ1) is 13.7. The first-order valence-corrected chi connectivity index (χ1v) is 9.90. The second-order valence-electron chi connectivity index (χ2n) is 6.77. The van der Waals surface area contributed by atoms with Crippen molar-refractivity contribution in [3.8, 4) is 5.75 Å². The Hall–Kier alpha value is -1.80. The summed E-state index contributed by atoms with van der Waals surface area (Å²) < 4.78 is 10.7. The molecule has 2 N–H and O–H groups in total. The number of halogens is 1. The number of benzene rings is 2. The number of hydrogen-bond donors (Lipinski definition) is 2. The fourth-order valence-corrected chi connectivity index (χ4v) is 2.89. The number of hydrogen-bond acceptors (Lipinski definition) is 3. The normalized spacial score (nSPS) is 12.1. The van der Waals surface area contributed by atoms with Crippen LogP contribution in [-0.2, 0) is 17.9 Å². The molecule has 1 unspecified atom stereocenters. The summed E-state index contributed by atoms with van der Waals surface area (Å²) in [7, 11) is 3.49. The number of aliphatic imine (C=N–C) groups is 1. The number of nitrogens with one attached hydrogen (secondary N) is 2. The molecule has 6 heteroatoms. The number of methoxy groups -OCH3 is 1. The van der Waals surface area contributed by atoms with Crippen LogP contribution < -0.4 is 15.4 Å². The molecule has 0 fully saturated rings. The largest absolute Gasteiger partial charge is 0.497 e. The van der Waals surface area contributed by atoms with Gasteiger partial charge in [0.25, 0.3) is 0 Å². The lowest BCUT2D eigenvalue weighted by molar-refractivity contribution is 0.134. The standard InChI is InChI=1S/C23H33N3O2.HI/c1-5-28-17-20-8-6-19(7-9-20)16-26-23(24-3)25-15-14-18(2)21-10-12-22(27-4)13-11-21;/h6-13,18H,5,14-17H2,1-4H3,(H2,24,25,26);1H. The van der Waals surface area contributed by atoms with E-state index in [9.17, 15) is 0 Å². The summed E-state index contributed by atoms with van der Waals surface area (Å²) >= 11 is 0. The van der Waals surface area contributed by atoms with E-state index in [-0.39, 0.29) is 24.0 Å². The second kappa shape index (κ2) is 14.2. The third-order valence-corrected chi connectivity index (χ3v) is 4.73. The molecular weight excluding hydrogens is 477 g/mol. The zero-order chi connectivity index (χ0) is 20.2. The average Bonchev–Trinajstić information content (AvgIpc) is 2.75. The maximum atomic E-state index is 5.43. The third-order valence-electron chi connectivity index (χ3n) is 4.73. The zero-order valence-corrected chi connectivity index (χ0v) is 20.2. The first-order valence-electron chi connectivity index (χ1n) is 9.90. The van der Waals surface area contributed by atoms with Gasteiger partial charge >= 0.3 is 0 Å². The van der Waals surface area contributed by atoms with E-state index in [1.54, 1.807) is 14.2 Å². The second-order valence-corrected chi connectivity index (χ2v) is 6.77. The van der Waals surface area contributed by atoms with Crippen LogP contribution in [-0.4, -0.2) is 33.3 Å². The lowest BCUT2D eigenvalue weighted by Crippen LogP contribution is -2.37. The maximum absolute atomic E-state index is 5.43. The van der Waals surface area contributed by atoms with E-state index in [1.165, 1.54) is 16.7 Å². The van der Waals surface area contributed by atoms with Gasteiger partial charge < -0.3 is 20.1 Å². The average molecular weight is 511 g/mol.